The standard InChI is InChI=1S/C18H22B2N2O7.C10H11BO3.H2O/c1-11(25)21-15-5-3-13(9-23)17(7-15)19(27)29-20(28)18-8-16(22-12(2)26)6-4-14(18)10-24;1-7(12)4-8-2-3-9-6-14-11(13)10(9)5-8;/h3-8,23-24,27-28H,9-10H2,1-2H3,(H,21,25)(H,22,26);2-3,5,13H,4,6H2,1H3;1H2. The molecule has 0 spiro atoms. The molecule has 3 aromatic carbocycles. The molecule has 0 aromatic heterocycles. The maximum absolute atomic E-state index is 11.2. The second kappa shape index (κ2) is 16.8. The summed E-state index contributed by atoms with van der Waals surface area (Å²) in [6, 6.07) is 14.6. The van der Waals surface area contributed by atoms with Crippen LogP contribution in [0, 0.1) is 0 Å². The molecule has 0 unspecified atom stereocenters. The van der Waals surface area contributed by atoms with Crippen LogP contribution in [-0.2, 0) is 49.9 Å². The van der Waals surface area contributed by atoms with Crippen molar-refractivity contribution in [2.24, 2.45) is 0 Å². The van der Waals surface area contributed by atoms with Crippen LogP contribution in [0.1, 0.15) is 43.0 Å². The summed E-state index contributed by atoms with van der Waals surface area (Å²) in [4.78, 5) is 33.4. The van der Waals surface area contributed by atoms with E-state index >= 15 is 0 Å². The zero-order valence-corrected chi connectivity index (χ0v) is 24.5. The SMILES string of the molecule is CC(=O)Cc1ccc2c(c1)B(O)OC2.CC(=O)Nc1ccc(CO)c(B(O)OB(O)c2cc(NC(C)=O)ccc2CO)c1.O. The first-order valence-corrected chi connectivity index (χ1v) is 13.4. The van der Waals surface area contributed by atoms with Gasteiger partial charge in [0.15, 0.2) is 0 Å². The van der Waals surface area contributed by atoms with E-state index in [4.69, 9.17) is 9.23 Å². The number of rotatable bonds is 10. The Morgan fingerprint density at radius 1 is 0.841 bits per heavy atom. The van der Waals surface area contributed by atoms with Gasteiger partial charge < -0.3 is 50.6 Å². The fourth-order valence-electron chi connectivity index (χ4n) is 4.43. The van der Waals surface area contributed by atoms with Crippen LogP contribution < -0.4 is 27.0 Å². The van der Waals surface area contributed by atoms with Gasteiger partial charge in [0.25, 0.3) is 0 Å². The minimum absolute atomic E-state index is 0. The Hall–Kier alpha value is -3.86. The molecule has 16 heteroatoms. The first kappa shape index (κ1) is 36.3. The highest BCUT2D eigenvalue weighted by Gasteiger charge is 2.30. The molecular weight excluding hydrogens is 573 g/mol. The quantitative estimate of drug-likeness (QED) is 0.124. The molecule has 1 aliphatic rings. The van der Waals surface area contributed by atoms with Crippen LogP contribution in [0.3, 0.4) is 0 Å². The number of aliphatic hydroxyl groups excluding tert-OH is 2. The normalized spacial score (nSPS) is 11.4. The van der Waals surface area contributed by atoms with E-state index in [0.29, 0.717) is 35.5 Å². The second-order valence-electron chi connectivity index (χ2n) is 9.92. The Morgan fingerprint density at radius 2 is 1.34 bits per heavy atom. The predicted molar refractivity (Wildman–Crippen MR) is 166 cm³/mol. The smallest absolute Gasteiger partial charge is 0.443 e. The van der Waals surface area contributed by atoms with Crippen molar-refractivity contribution < 1.29 is 54.4 Å². The summed E-state index contributed by atoms with van der Waals surface area (Å²) >= 11 is 0. The van der Waals surface area contributed by atoms with Crippen LogP contribution in [0.5, 0.6) is 0 Å². The van der Waals surface area contributed by atoms with E-state index in [0.717, 1.165) is 16.6 Å². The molecule has 232 valence electrons. The predicted octanol–water partition coefficient (Wildman–Crippen LogP) is -2.11. The highest BCUT2D eigenvalue weighted by Crippen LogP contribution is 2.13. The number of fused-ring (bicyclic) bond motifs is 1. The van der Waals surface area contributed by atoms with E-state index in [9.17, 15) is 39.7 Å². The minimum atomic E-state index is -1.64. The number of aliphatic hydroxyl groups is 2. The van der Waals surface area contributed by atoms with Gasteiger partial charge in [-0.05, 0) is 69.8 Å². The molecule has 4 rings (SSSR count). The zero-order valence-electron chi connectivity index (χ0n) is 24.5. The summed E-state index contributed by atoms with van der Waals surface area (Å²) in [5, 5.41) is 54.5. The number of hydrogen-bond acceptors (Lipinski definition) is 10. The van der Waals surface area contributed by atoms with Crippen molar-refractivity contribution in [2.75, 3.05) is 10.6 Å². The lowest BCUT2D eigenvalue weighted by molar-refractivity contribution is -0.116. The van der Waals surface area contributed by atoms with Gasteiger partial charge in [-0.25, -0.2) is 0 Å². The lowest BCUT2D eigenvalue weighted by atomic mass is 9.68. The van der Waals surface area contributed by atoms with Crippen LogP contribution in [0.4, 0.5) is 11.4 Å². The Kier molecular flexibility index (Phi) is 13.9. The molecule has 0 fully saturated rings. The number of ketones is 1. The van der Waals surface area contributed by atoms with Crippen LogP contribution in [0.15, 0.2) is 54.6 Å². The second-order valence-corrected chi connectivity index (χ2v) is 9.92. The van der Waals surface area contributed by atoms with Gasteiger partial charge in [-0.3, -0.25) is 14.4 Å². The molecule has 1 heterocycles. The van der Waals surface area contributed by atoms with Gasteiger partial charge in [0.05, 0.1) is 19.8 Å². The van der Waals surface area contributed by atoms with E-state index in [2.05, 4.69) is 10.6 Å². The van der Waals surface area contributed by atoms with Crippen molar-refractivity contribution in [3.63, 3.8) is 0 Å². The first-order chi connectivity index (χ1) is 20.4. The Morgan fingerprint density at radius 3 is 1.77 bits per heavy atom. The highest BCUT2D eigenvalue weighted by molar-refractivity contribution is 6.73. The lowest BCUT2D eigenvalue weighted by Gasteiger charge is -2.18. The van der Waals surface area contributed by atoms with Crippen LogP contribution in [0.2, 0.25) is 0 Å². The number of carbonyl (C=O) groups excluding carboxylic acids is 3. The third-order valence-corrected chi connectivity index (χ3v) is 6.39. The Balaban J connectivity index is 0.000000375. The van der Waals surface area contributed by atoms with Crippen LogP contribution in [0.25, 0.3) is 0 Å². The zero-order chi connectivity index (χ0) is 31.7. The molecule has 0 atom stereocenters. The molecule has 1 aliphatic heterocycles. The van der Waals surface area contributed by atoms with E-state index in [-0.39, 0.29) is 34.0 Å². The van der Waals surface area contributed by atoms with Crippen molar-refractivity contribution in [1.82, 2.24) is 0 Å². The van der Waals surface area contributed by atoms with Gasteiger partial charge in [0.1, 0.15) is 5.78 Å². The summed E-state index contributed by atoms with van der Waals surface area (Å²) < 4.78 is 10.3. The van der Waals surface area contributed by atoms with Gasteiger partial charge >= 0.3 is 21.4 Å². The maximum atomic E-state index is 11.2. The average Bonchev–Trinajstić information content (AvgIpc) is 3.32. The molecule has 3 aromatic rings. The van der Waals surface area contributed by atoms with Crippen LogP contribution >= 0.6 is 0 Å². The lowest BCUT2D eigenvalue weighted by Crippen LogP contribution is -2.47. The Bertz CT molecular complexity index is 1400. The van der Waals surface area contributed by atoms with Crippen molar-refractivity contribution in [3.8, 4) is 0 Å². The molecule has 2 amide bonds. The summed E-state index contributed by atoms with van der Waals surface area (Å²) in [5.41, 5.74) is 4.48. The summed E-state index contributed by atoms with van der Waals surface area (Å²) in [7, 11) is -4.11. The van der Waals surface area contributed by atoms with Gasteiger partial charge in [0.2, 0.25) is 11.8 Å². The largest absolute Gasteiger partial charge is 0.491 e. The van der Waals surface area contributed by atoms with Crippen LogP contribution in [-0.4, -0.2) is 69.7 Å². The molecule has 13 nitrogen and oxygen atoms in total. The molecule has 0 bridgehead atoms. The number of benzene rings is 3. The fourth-order valence-corrected chi connectivity index (χ4v) is 4.43. The van der Waals surface area contributed by atoms with Gasteiger partial charge in [-0.1, -0.05) is 30.3 Å². The van der Waals surface area contributed by atoms with Crippen molar-refractivity contribution in [2.45, 2.75) is 47.0 Å². The summed E-state index contributed by atoms with van der Waals surface area (Å²) in [6.45, 7) is 3.87. The molecule has 0 radical (unpaired) electrons. The monoisotopic (exact) mass is 608 g/mol. The summed E-state index contributed by atoms with van der Waals surface area (Å²) in [5.74, 6) is -0.505. The first-order valence-electron chi connectivity index (χ1n) is 13.4. The minimum Gasteiger partial charge on any atom is -0.443 e. The molecule has 44 heavy (non-hydrogen) atoms. The van der Waals surface area contributed by atoms with E-state index in [1.807, 2.05) is 18.2 Å². The molecule has 0 aliphatic carbocycles. The van der Waals surface area contributed by atoms with Crippen molar-refractivity contribution in [1.29, 1.82) is 0 Å². The number of hydrogen-bond donors (Lipinski definition) is 7. The number of nitrogens with one attached hydrogen (secondary N) is 2. The maximum Gasteiger partial charge on any atom is 0.491 e. The Labute approximate surface area is 255 Å². The highest BCUT2D eigenvalue weighted by atomic mass is 16.5. The number of anilines is 2. The fraction of sp³-hybridized carbons (Fsp3) is 0.250. The third-order valence-electron chi connectivity index (χ3n) is 6.39. The number of carbonyl (C=O) groups is 3. The molecular formula is C28H35B3N2O11. The van der Waals surface area contributed by atoms with Gasteiger partial charge in [0, 0.05) is 31.6 Å². The number of Topliss-reactive ketones (excluding diaryl/α,β-unsaturated/α-hetero) is 1. The van der Waals surface area contributed by atoms with E-state index < -0.39 is 34.6 Å². The van der Waals surface area contributed by atoms with Crippen molar-refractivity contribution in [3.05, 3.63) is 76.9 Å². The molecule has 0 saturated heterocycles. The average molecular weight is 608 g/mol. The van der Waals surface area contributed by atoms with E-state index in [1.54, 1.807) is 19.1 Å². The number of amides is 2. The van der Waals surface area contributed by atoms with Crippen molar-refractivity contribution >= 4 is 66.7 Å². The van der Waals surface area contributed by atoms with Gasteiger partial charge in [-0.15, -0.1) is 0 Å². The topological polar surface area (TPSA) is 226 Å². The summed E-state index contributed by atoms with van der Waals surface area (Å²) in [6.07, 6.45) is 0.417. The van der Waals surface area contributed by atoms with Gasteiger partial charge in [-0.2, -0.15) is 0 Å². The van der Waals surface area contributed by atoms with E-state index in [1.165, 1.54) is 38.1 Å². The molecule has 9 N–H and O–H groups in total. The third kappa shape index (κ3) is 10.1. The molecule has 0 saturated carbocycles.